The third-order valence-corrected chi connectivity index (χ3v) is 4.27. The summed E-state index contributed by atoms with van der Waals surface area (Å²) in [6.45, 7) is 1.74. The average Bonchev–Trinajstić information content (AvgIpc) is 3.17. The molecule has 6 heteroatoms. The van der Waals surface area contributed by atoms with Gasteiger partial charge in [0.15, 0.2) is 0 Å². The van der Waals surface area contributed by atoms with Crippen LogP contribution in [0.4, 0.5) is 10.1 Å². The number of hydrogen-bond acceptors (Lipinski definition) is 3. The van der Waals surface area contributed by atoms with Gasteiger partial charge in [-0.3, -0.25) is 10.1 Å². The zero-order valence-corrected chi connectivity index (χ0v) is 14.8. The molecule has 0 fully saturated rings. The van der Waals surface area contributed by atoms with Gasteiger partial charge in [0, 0.05) is 0 Å². The Labute approximate surface area is 156 Å². The number of nitrogens with one attached hydrogen (secondary N) is 2. The highest BCUT2D eigenvalue weighted by Crippen LogP contribution is 2.25. The van der Waals surface area contributed by atoms with E-state index in [0.29, 0.717) is 11.4 Å². The van der Waals surface area contributed by atoms with Gasteiger partial charge >= 0.3 is 0 Å². The van der Waals surface area contributed by atoms with E-state index in [-0.39, 0.29) is 17.0 Å². The first-order valence-corrected chi connectivity index (χ1v) is 8.52. The van der Waals surface area contributed by atoms with Crippen LogP contribution in [0.25, 0.3) is 0 Å². The van der Waals surface area contributed by atoms with Crippen molar-refractivity contribution in [1.82, 2.24) is 5.32 Å². The number of rotatable bonds is 6. The van der Waals surface area contributed by atoms with Crippen LogP contribution in [0.2, 0.25) is 5.02 Å². The quantitative estimate of drug-likeness (QED) is 0.654. The van der Waals surface area contributed by atoms with Gasteiger partial charge in [-0.15, -0.1) is 0 Å². The number of furan rings is 1. The molecule has 0 aliphatic carbocycles. The minimum absolute atomic E-state index is 0.149. The van der Waals surface area contributed by atoms with E-state index in [2.05, 4.69) is 10.6 Å². The lowest BCUT2D eigenvalue weighted by atomic mass is 10.0. The van der Waals surface area contributed by atoms with Crippen LogP contribution < -0.4 is 10.6 Å². The molecule has 1 amide bonds. The van der Waals surface area contributed by atoms with Gasteiger partial charge < -0.3 is 9.73 Å². The second-order valence-corrected chi connectivity index (χ2v) is 6.27. The molecule has 2 N–H and O–H groups in total. The molecule has 0 radical (unpaired) electrons. The summed E-state index contributed by atoms with van der Waals surface area (Å²) in [5, 5.41) is 6.12. The van der Waals surface area contributed by atoms with Crippen LogP contribution in [0.3, 0.4) is 0 Å². The maximum absolute atomic E-state index is 13.1. The maximum atomic E-state index is 13.1. The summed E-state index contributed by atoms with van der Waals surface area (Å²) in [4.78, 5) is 12.5. The first kappa shape index (κ1) is 18.2. The molecule has 3 rings (SSSR count). The standard InChI is InChI=1S/C20H18ClFN2O2/c1-13(20(25)24-17-10-9-15(22)12-16(17)21)23-19(18-8-5-11-26-18)14-6-3-2-4-7-14/h2-13,19,23H,1H3,(H,24,25)/t13-,19+/m0/s1. The Morgan fingerprint density at radius 1 is 1.12 bits per heavy atom. The molecule has 3 aromatic rings. The Morgan fingerprint density at radius 3 is 2.54 bits per heavy atom. The topological polar surface area (TPSA) is 54.3 Å². The van der Waals surface area contributed by atoms with Crippen molar-refractivity contribution in [2.45, 2.75) is 19.0 Å². The maximum Gasteiger partial charge on any atom is 0.241 e. The number of hydrogen-bond donors (Lipinski definition) is 2. The summed E-state index contributed by atoms with van der Waals surface area (Å²) in [7, 11) is 0. The van der Waals surface area contributed by atoms with E-state index in [1.165, 1.54) is 12.1 Å². The predicted molar refractivity (Wildman–Crippen MR) is 99.6 cm³/mol. The van der Waals surface area contributed by atoms with Gasteiger partial charge in [-0.25, -0.2) is 4.39 Å². The Morgan fingerprint density at radius 2 is 1.88 bits per heavy atom. The molecule has 0 unspecified atom stereocenters. The van der Waals surface area contributed by atoms with E-state index in [1.807, 2.05) is 36.4 Å². The van der Waals surface area contributed by atoms with Crippen molar-refractivity contribution < 1.29 is 13.6 Å². The van der Waals surface area contributed by atoms with Gasteiger partial charge in [0.05, 0.1) is 29.1 Å². The molecule has 4 nitrogen and oxygen atoms in total. The van der Waals surface area contributed by atoms with Crippen LogP contribution in [0, 0.1) is 5.82 Å². The number of amides is 1. The van der Waals surface area contributed by atoms with Gasteiger partial charge in [-0.2, -0.15) is 0 Å². The van der Waals surface area contributed by atoms with Crippen LogP contribution in [-0.2, 0) is 4.79 Å². The van der Waals surface area contributed by atoms with E-state index in [4.69, 9.17) is 16.0 Å². The highest BCUT2D eigenvalue weighted by molar-refractivity contribution is 6.33. The lowest BCUT2D eigenvalue weighted by molar-refractivity contribution is -0.117. The second-order valence-electron chi connectivity index (χ2n) is 5.86. The molecule has 2 aromatic carbocycles. The molecule has 0 aliphatic rings. The summed E-state index contributed by atoms with van der Waals surface area (Å²) < 4.78 is 18.7. The Balaban J connectivity index is 1.75. The third-order valence-electron chi connectivity index (χ3n) is 3.96. The van der Waals surface area contributed by atoms with E-state index < -0.39 is 11.9 Å². The molecule has 1 heterocycles. The smallest absolute Gasteiger partial charge is 0.241 e. The van der Waals surface area contributed by atoms with E-state index in [1.54, 1.807) is 19.3 Å². The fraction of sp³-hybridized carbons (Fsp3) is 0.150. The van der Waals surface area contributed by atoms with Crippen molar-refractivity contribution in [3.05, 3.63) is 89.1 Å². The van der Waals surface area contributed by atoms with E-state index in [0.717, 1.165) is 11.6 Å². The SMILES string of the molecule is C[C@H](N[C@H](c1ccccc1)c1ccco1)C(=O)Nc1ccc(F)cc1Cl. The Kier molecular flexibility index (Phi) is 5.71. The third kappa shape index (κ3) is 4.31. The summed E-state index contributed by atoms with van der Waals surface area (Å²) >= 11 is 5.97. The summed E-state index contributed by atoms with van der Waals surface area (Å²) in [5.74, 6) is -0.0391. The zero-order valence-electron chi connectivity index (χ0n) is 14.1. The lowest BCUT2D eigenvalue weighted by Gasteiger charge is -2.22. The second kappa shape index (κ2) is 8.17. The lowest BCUT2D eigenvalue weighted by Crippen LogP contribution is -2.40. The van der Waals surface area contributed by atoms with Crippen molar-refractivity contribution in [2.24, 2.45) is 0 Å². The highest BCUT2D eigenvalue weighted by Gasteiger charge is 2.23. The van der Waals surface area contributed by atoms with Crippen LogP contribution in [0.5, 0.6) is 0 Å². The number of carbonyl (C=O) groups is 1. The molecule has 134 valence electrons. The fourth-order valence-electron chi connectivity index (χ4n) is 2.60. The monoisotopic (exact) mass is 372 g/mol. The van der Waals surface area contributed by atoms with Crippen LogP contribution in [-0.4, -0.2) is 11.9 Å². The van der Waals surface area contributed by atoms with Crippen molar-refractivity contribution in [3.63, 3.8) is 0 Å². The average molecular weight is 373 g/mol. The summed E-state index contributed by atoms with van der Waals surface area (Å²) in [6.07, 6.45) is 1.59. The van der Waals surface area contributed by atoms with E-state index >= 15 is 0 Å². The van der Waals surface area contributed by atoms with Crippen molar-refractivity contribution in [3.8, 4) is 0 Å². The minimum Gasteiger partial charge on any atom is -0.467 e. The molecular weight excluding hydrogens is 355 g/mol. The van der Waals surface area contributed by atoms with Gasteiger partial charge in [0.2, 0.25) is 5.91 Å². The largest absolute Gasteiger partial charge is 0.467 e. The number of anilines is 1. The first-order valence-electron chi connectivity index (χ1n) is 8.15. The summed E-state index contributed by atoms with van der Waals surface area (Å²) in [6, 6.07) is 16.4. The molecule has 2 atom stereocenters. The zero-order chi connectivity index (χ0) is 18.5. The fourth-order valence-corrected chi connectivity index (χ4v) is 2.82. The van der Waals surface area contributed by atoms with Crippen molar-refractivity contribution in [1.29, 1.82) is 0 Å². The normalized spacial score (nSPS) is 13.2. The molecule has 0 saturated carbocycles. The van der Waals surface area contributed by atoms with Crippen LogP contribution in [0.1, 0.15) is 24.3 Å². The predicted octanol–water partition coefficient (Wildman–Crippen LogP) is 4.78. The van der Waals surface area contributed by atoms with Crippen LogP contribution >= 0.6 is 11.6 Å². The van der Waals surface area contributed by atoms with E-state index in [9.17, 15) is 9.18 Å². The summed E-state index contributed by atoms with van der Waals surface area (Å²) in [5.41, 5.74) is 1.34. The van der Waals surface area contributed by atoms with Crippen molar-refractivity contribution in [2.75, 3.05) is 5.32 Å². The molecular formula is C20H18ClFN2O2. The Bertz CT molecular complexity index is 869. The number of halogens is 2. The van der Waals surface area contributed by atoms with Crippen LogP contribution in [0.15, 0.2) is 71.3 Å². The van der Waals surface area contributed by atoms with Crippen molar-refractivity contribution >= 4 is 23.2 Å². The van der Waals surface area contributed by atoms with Gasteiger partial charge in [-0.1, -0.05) is 41.9 Å². The number of carbonyl (C=O) groups excluding carboxylic acids is 1. The first-order chi connectivity index (χ1) is 12.5. The van der Waals surface area contributed by atoms with Gasteiger partial charge in [0.25, 0.3) is 0 Å². The molecule has 26 heavy (non-hydrogen) atoms. The molecule has 0 saturated heterocycles. The minimum atomic E-state index is -0.550. The molecule has 0 aliphatic heterocycles. The molecule has 0 spiro atoms. The van der Waals surface area contributed by atoms with Gasteiger partial charge in [0.1, 0.15) is 11.6 Å². The highest BCUT2D eigenvalue weighted by atomic mass is 35.5. The van der Waals surface area contributed by atoms with Gasteiger partial charge in [-0.05, 0) is 42.8 Å². The molecule has 0 bridgehead atoms. The number of benzene rings is 2. The Hall–Kier alpha value is -2.63. The molecule has 1 aromatic heterocycles.